The molecule has 1 aromatic heterocycles. The summed E-state index contributed by atoms with van der Waals surface area (Å²) < 4.78 is 0. The fourth-order valence-corrected chi connectivity index (χ4v) is 2.91. The van der Waals surface area contributed by atoms with E-state index in [1.165, 1.54) is 18.4 Å². The first-order chi connectivity index (χ1) is 10.6. The van der Waals surface area contributed by atoms with Crippen molar-refractivity contribution >= 4 is 0 Å². The van der Waals surface area contributed by atoms with Gasteiger partial charge in [0.15, 0.2) is 0 Å². The molecule has 0 unspecified atom stereocenters. The molecule has 0 aliphatic carbocycles. The topological polar surface area (TPSA) is 36.4 Å². The van der Waals surface area contributed by atoms with Crippen LogP contribution in [0.3, 0.4) is 0 Å². The first-order valence-corrected chi connectivity index (χ1v) is 8.10. The Morgan fingerprint density at radius 2 is 2.41 bits per heavy atom. The summed E-state index contributed by atoms with van der Waals surface area (Å²) in [6.07, 6.45) is 10.6. The van der Waals surface area contributed by atoms with E-state index in [4.69, 9.17) is 0 Å². The molecule has 1 fully saturated rings. The van der Waals surface area contributed by atoms with Crippen LogP contribution in [-0.2, 0) is 0 Å². The molecule has 0 amide bonds. The number of allylic oxidation sites excluding steroid dienone is 1. The van der Waals surface area contributed by atoms with Gasteiger partial charge in [0.1, 0.15) is 5.60 Å². The summed E-state index contributed by atoms with van der Waals surface area (Å²) in [6.45, 7) is 7.22. The third-order valence-electron chi connectivity index (χ3n) is 4.16. The maximum Gasteiger partial charge on any atom is 0.123 e. The van der Waals surface area contributed by atoms with Gasteiger partial charge in [0.05, 0.1) is 6.54 Å². The molecule has 1 aliphatic rings. The lowest BCUT2D eigenvalue weighted by Gasteiger charge is -2.34. The van der Waals surface area contributed by atoms with Crippen molar-refractivity contribution in [2.24, 2.45) is 0 Å². The average Bonchev–Trinajstić information content (AvgIpc) is 2.54. The molecule has 2 atom stereocenters. The van der Waals surface area contributed by atoms with Crippen molar-refractivity contribution in [3.63, 3.8) is 0 Å². The smallest absolute Gasteiger partial charge is 0.123 e. The molecule has 0 saturated carbocycles. The minimum atomic E-state index is -0.923. The molecule has 3 heteroatoms. The summed E-state index contributed by atoms with van der Waals surface area (Å²) in [4.78, 5) is 6.64. The van der Waals surface area contributed by atoms with E-state index in [1.807, 2.05) is 24.5 Å². The number of pyridine rings is 1. The Kier molecular flexibility index (Phi) is 6.18. The molecule has 1 aromatic rings. The lowest BCUT2D eigenvalue weighted by Crippen LogP contribution is -2.34. The van der Waals surface area contributed by atoms with Crippen LogP contribution in [0.1, 0.15) is 50.6 Å². The summed E-state index contributed by atoms with van der Waals surface area (Å²) >= 11 is 0. The Morgan fingerprint density at radius 1 is 1.55 bits per heavy atom. The summed E-state index contributed by atoms with van der Waals surface area (Å²) in [5.41, 5.74) is 0.343. The van der Waals surface area contributed by atoms with Crippen molar-refractivity contribution in [1.82, 2.24) is 9.88 Å². The van der Waals surface area contributed by atoms with Gasteiger partial charge < -0.3 is 5.11 Å². The van der Waals surface area contributed by atoms with Crippen LogP contribution in [0.4, 0.5) is 0 Å². The molecule has 0 radical (unpaired) electrons. The van der Waals surface area contributed by atoms with Gasteiger partial charge in [-0.2, -0.15) is 0 Å². The second kappa shape index (κ2) is 8.12. The van der Waals surface area contributed by atoms with E-state index < -0.39 is 5.60 Å². The molecule has 118 valence electrons. The number of hydrogen-bond donors (Lipinski definition) is 1. The van der Waals surface area contributed by atoms with Crippen molar-refractivity contribution in [3.05, 3.63) is 42.7 Å². The van der Waals surface area contributed by atoms with E-state index in [0.717, 1.165) is 19.4 Å². The van der Waals surface area contributed by atoms with Crippen molar-refractivity contribution in [3.8, 4) is 11.8 Å². The minimum Gasteiger partial charge on any atom is -0.378 e. The fraction of sp³-hybridized carbons (Fsp3) is 0.526. The Hall–Kier alpha value is -1.63. The highest BCUT2D eigenvalue weighted by molar-refractivity contribution is 5.17. The third kappa shape index (κ3) is 4.98. The average molecular weight is 298 g/mol. The number of aromatic nitrogens is 1. The van der Waals surface area contributed by atoms with Gasteiger partial charge in [-0.15, -0.1) is 6.58 Å². The van der Waals surface area contributed by atoms with E-state index >= 15 is 0 Å². The number of rotatable bonds is 5. The lowest BCUT2D eigenvalue weighted by atomic mass is 9.96. The second-order valence-corrected chi connectivity index (χ2v) is 6.17. The van der Waals surface area contributed by atoms with Crippen LogP contribution in [0, 0.1) is 11.8 Å². The summed E-state index contributed by atoms with van der Waals surface area (Å²) in [5.74, 6) is 6.19. The zero-order valence-electron chi connectivity index (χ0n) is 13.5. The molecule has 1 saturated heterocycles. The number of aliphatic hydroxyl groups is 1. The molecule has 2 rings (SSSR count). The molecule has 0 spiro atoms. The predicted molar refractivity (Wildman–Crippen MR) is 90.2 cm³/mol. The number of likely N-dealkylation sites (tertiary alicyclic amines) is 1. The first kappa shape index (κ1) is 16.7. The van der Waals surface area contributed by atoms with Gasteiger partial charge in [-0.3, -0.25) is 9.88 Å². The van der Waals surface area contributed by atoms with Crippen molar-refractivity contribution in [1.29, 1.82) is 0 Å². The van der Waals surface area contributed by atoms with Crippen LogP contribution < -0.4 is 0 Å². The van der Waals surface area contributed by atoms with Gasteiger partial charge in [-0.1, -0.05) is 30.4 Å². The normalized spacial score (nSPS) is 21.5. The summed E-state index contributed by atoms with van der Waals surface area (Å²) in [6, 6.07) is 4.53. The van der Waals surface area contributed by atoms with Crippen molar-refractivity contribution in [2.45, 2.75) is 50.7 Å². The standard InChI is InChI=1S/C19H26N2O/c1-3-4-11-19(2,22)12-8-15-21-14-6-5-10-18(21)17-9-7-13-20-16-17/h3,7,9,13,16,18,22H,1,4-6,10-11,14-15H2,2H3/t18-,19+/m1/s1. The van der Waals surface area contributed by atoms with Crippen LogP contribution >= 0.6 is 0 Å². The van der Waals surface area contributed by atoms with Gasteiger partial charge in [-0.05, 0) is 50.8 Å². The Morgan fingerprint density at radius 3 is 3.14 bits per heavy atom. The molecule has 3 nitrogen and oxygen atoms in total. The van der Waals surface area contributed by atoms with Gasteiger partial charge in [-0.25, -0.2) is 0 Å². The molecular weight excluding hydrogens is 272 g/mol. The van der Waals surface area contributed by atoms with Crippen LogP contribution in [0.15, 0.2) is 37.2 Å². The second-order valence-electron chi connectivity index (χ2n) is 6.17. The molecular formula is C19H26N2O. The number of nitrogens with zero attached hydrogens (tertiary/aromatic N) is 2. The number of hydrogen-bond acceptors (Lipinski definition) is 3. The third-order valence-corrected chi connectivity index (χ3v) is 4.16. The van der Waals surface area contributed by atoms with E-state index in [9.17, 15) is 5.11 Å². The lowest BCUT2D eigenvalue weighted by molar-refractivity contribution is 0.113. The Labute approximate surface area is 134 Å². The van der Waals surface area contributed by atoms with E-state index in [1.54, 1.807) is 6.92 Å². The van der Waals surface area contributed by atoms with Gasteiger partial charge in [0.2, 0.25) is 0 Å². The van der Waals surface area contributed by atoms with Gasteiger partial charge >= 0.3 is 0 Å². The highest BCUT2D eigenvalue weighted by atomic mass is 16.3. The monoisotopic (exact) mass is 298 g/mol. The molecule has 22 heavy (non-hydrogen) atoms. The molecule has 1 N–H and O–H groups in total. The highest BCUT2D eigenvalue weighted by Gasteiger charge is 2.23. The SMILES string of the molecule is C=CCC[C@](C)(O)C#CCN1CCCC[C@@H]1c1cccnc1. The van der Waals surface area contributed by atoms with Crippen molar-refractivity contribution in [2.75, 3.05) is 13.1 Å². The molecule has 2 heterocycles. The molecule has 1 aliphatic heterocycles. The fourth-order valence-electron chi connectivity index (χ4n) is 2.91. The van der Waals surface area contributed by atoms with Crippen LogP contribution in [0.5, 0.6) is 0 Å². The van der Waals surface area contributed by atoms with Crippen LogP contribution in [0.25, 0.3) is 0 Å². The zero-order chi connectivity index (χ0) is 15.8. The Balaban J connectivity index is 1.99. The predicted octanol–water partition coefficient (Wildman–Crippen LogP) is 3.33. The van der Waals surface area contributed by atoms with E-state index in [2.05, 4.69) is 34.4 Å². The van der Waals surface area contributed by atoms with Crippen LogP contribution in [0.2, 0.25) is 0 Å². The first-order valence-electron chi connectivity index (χ1n) is 8.10. The van der Waals surface area contributed by atoms with Crippen LogP contribution in [-0.4, -0.2) is 33.7 Å². The summed E-state index contributed by atoms with van der Waals surface area (Å²) in [7, 11) is 0. The molecule has 0 bridgehead atoms. The van der Waals surface area contributed by atoms with E-state index in [-0.39, 0.29) is 0 Å². The minimum absolute atomic E-state index is 0.398. The van der Waals surface area contributed by atoms with Gasteiger partial charge in [0.25, 0.3) is 0 Å². The maximum absolute atomic E-state index is 10.2. The van der Waals surface area contributed by atoms with Gasteiger partial charge in [0, 0.05) is 18.4 Å². The number of piperidine rings is 1. The highest BCUT2D eigenvalue weighted by Crippen LogP contribution is 2.29. The zero-order valence-corrected chi connectivity index (χ0v) is 13.5. The molecule has 0 aromatic carbocycles. The van der Waals surface area contributed by atoms with E-state index in [0.29, 0.717) is 19.0 Å². The van der Waals surface area contributed by atoms with Crippen molar-refractivity contribution < 1.29 is 5.11 Å². The summed E-state index contributed by atoms with van der Waals surface area (Å²) in [5, 5.41) is 10.2. The largest absolute Gasteiger partial charge is 0.378 e. The quantitative estimate of drug-likeness (QED) is 0.669. The maximum atomic E-state index is 10.2. The Bertz CT molecular complexity index is 527.